The van der Waals surface area contributed by atoms with Gasteiger partial charge in [0.15, 0.2) is 0 Å². The molecule has 1 aliphatic rings. The molecule has 0 radical (unpaired) electrons. The zero-order valence-electron chi connectivity index (χ0n) is 11.1. The number of benzene rings is 1. The van der Waals surface area contributed by atoms with Crippen molar-refractivity contribution < 1.29 is 0 Å². The van der Waals surface area contributed by atoms with Crippen molar-refractivity contribution in [2.75, 3.05) is 11.6 Å². The van der Waals surface area contributed by atoms with Gasteiger partial charge in [-0.15, -0.1) is 11.8 Å². The third-order valence-corrected chi connectivity index (χ3v) is 4.38. The van der Waals surface area contributed by atoms with Crippen LogP contribution in [0.2, 0.25) is 0 Å². The molecule has 2 unspecified atom stereocenters. The molecule has 1 aromatic carbocycles. The molecule has 1 N–H and O–H groups in total. The van der Waals surface area contributed by atoms with Crippen LogP contribution in [0.5, 0.6) is 0 Å². The summed E-state index contributed by atoms with van der Waals surface area (Å²) in [5.74, 6) is 1.73. The monoisotopic (exact) mass is 249 g/mol. The number of hydrogen-bond donors (Lipinski definition) is 1. The first kappa shape index (κ1) is 12.8. The minimum Gasteiger partial charge on any atom is -0.382 e. The highest BCUT2D eigenvalue weighted by Gasteiger charge is 2.23. The van der Waals surface area contributed by atoms with Gasteiger partial charge in [0.05, 0.1) is 0 Å². The fourth-order valence-electron chi connectivity index (χ4n) is 2.99. The number of hydrogen-bond acceptors (Lipinski definition) is 2. The second-order valence-corrected chi connectivity index (χ2v) is 6.37. The van der Waals surface area contributed by atoms with E-state index in [1.807, 2.05) is 0 Å². The van der Waals surface area contributed by atoms with E-state index >= 15 is 0 Å². The standard InChI is InChI=1S/C15H23NS/c1-11-8-12(2)10-14(9-11)16-13-4-6-15(17-3)7-5-13/h4-7,11-12,14,16H,8-10H2,1-3H3. The minimum absolute atomic E-state index is 0.661. The van der Waals surface area contributed by atoms with Gasteiger partial charge >= 0.3 is 0 Å². The average molecular weight is 249 g/mol. The molecule has 0 heterocycles. The lowest BCUT2D eigenvalue weighted by atomic mass is 9.80. The van der Waals surface area contributed by atoms with E-state index in [1.165, 1.54) is 29.8 Å². The van der Waals surface area contributed by atoms with Crippen LogP contribution in [0.1, 0.15) is 33.1 Å². The highest BCUT2D eigenvalue weighted by atomic mass is 32.2. The number of rotatable bonds is 3. The Hall–Kier alpha value is -0.630. The van der Waals surface area contributed by atoms with Crippen LogP contribution in [0.3, 0.4) is 0 Å². The zero-order valence-corrected chi connectivity index (χ0v) is 11.9. The van der Waals surface area contributed by atoms with E-state index in [4.69, 9.17) is 0 Å². The summed E-state index contributed by atoms with van der Waals surface area (Å²) >= 11 is 1.80. The van der Waals surface area contributed by atoms with Crippen molar-refractivity contribution in [1.82, 2.24) is 0 Å². The van der Waals surface area contributed by atoms with E-state index in [0.29, 0.717) is 6.04 Å². The maximum atomic E-state index is 3.68. The molecule has 17 heavy (non-hydrogen) atoms. The molecule has 1 nitrogen and oxygen atoms in total. The van der Waals surface area contributed by atoms with Gasteiger partial charge in [0.25, 0.3) is 0 Å². The van der Waals surface area contributed by atoms with Crippen molar-refractivity contribution in [2.24, 2.45) is 11.8 Å². The van der Waals surface area contributed by atoms with Crippen molar-refractivity contribution in [2.45, 2.75) is 44.0 Å². The lowest BCUT2D eigenvalue weighted by Crippen LogP contribution is -2.30. The maximum absolute atomic E-state index is 3.68. The molecule has 0 saturated heterocycles. The predicted molar refractivity (Wildman–Crippen MR) is 77.8 cm³/mol. The number of thioether (sulfide) groups is 1. The van der Waals surface area contributed by atoms with Crippen LogP contribution in [0.25, 0.3) is 0 Å². The molecule has 0 amide bonds. The van der Waals surface area contributed by atoms with Crippen LogP contribution in [-0.2, 0) is 0 Å². The first-order valence-corrected chi connectivity index (χ1v) is 7.80. The Bertz CT molecular complexity index is 336. The van der Waals surface area contributed by atoms with E-state index in [-0.39, 0.29) is 0 Å². The quantitative estimate of drug-likeness (QED) is 0.783. The second-order valence-electron chi connectivity index (χ2n) is 5.49. The summed E-state index contributed by atoms with van der Waals surface area (Å²) in [4.78, 5) is 1.33. The first-order chi connectivity index (χ1) is 8.17. The molecular weight excluding hydrogens is 226 g/mol. The summed E-state index contributed by atoms with van der Waals surface area (Å²) in [7, 11) is 0. The van der Waals surface area contributed by atoms with E-state index in [0.717, 1.165) is 11.8 Å². The van der Waals surface area contributed by atoms with Gasteiger partial charge in [0.1, 0.15) is 0 Å². The zero-order chi connectivity index (χ0) is 12.3. The van der Waals surface area contributed by atoms with Crippen molar-refractivity contribution in [3.05, 3.63) is 24.3 Å². The van der Waals surface area contributed by atoms with Gasteiger partial charge in [0.2, 0.25) is 0 Å². The molecule has 1 fully saturated rings. The molecule has 0 spiro atoms. The SMILES string of the molecule is CSc1ccc(NC2CC(C)CC(C)C2)cc1. The number of anilines is 1. The lowest BCUT2D eigenvalue weighted by molar-refractivity contribution is 0.281. The first-order valence-electron chi connectivity index (χ1n) is 6.58. The summed E-state index contributed by atoms with van der Waals surface area (Å²) < 4.78 is 0. The van der Waals surface area contributed by atoms with E-state index in [2.05, 4.69) is 49.7 Å². The summed E-state index contributed by atoms with van der Waals surface area (Å²) in [6.45, 7) is 4.75. The molecule has 94 valence electrons. The van der Waals surface area contributed by atoms with E-state index in [9.17, 15) is 0 Å². The van der Waals surface area contributed by atoms with E-state index in [1.54, 1.807) is 11.8 Å². The summed E-state index contributed by atoms with van der Waals surface area (Å²) in [5.41, 5.74) is 1.27. The molecule has 2 atom stereocenters. The van der Waals surface area contributed by atoms with Gasteiger partial charge in [-0.3, -0.25) is 0 Å². The topological polar surface area (TPSA) is 12.0 Å². The van der Waals surface area contributed by atoms with Crippen LogP contribution < -0.4 is 5.32 Å². The summed E-state index contributed by atoms with van der Waals surface area (Å²) in [5, 5.41) is 3.68. The molecular formula is C15H23NS. The van der Waals surface area contributed by atoms with E-state index < -0.39 is 0 Å². The fourth-order valence-corrected chi connectivity index (χ4v) is 3.40. The van der Waals surface area contributed by atoms with Crippen LogP contribution in [-0.4, -0.2) is 12.3 Å². The molecule has 2 rings (SSSR count). The van der Waals surface area contributed by atoms with Crippen molar-refractivity contribution in [3.63, 3.8) is 0 Å². The highest BCUT2D eigenvalue weighted by molar-refractivity contribution is 7.98. The van der Waals surface area contributed by atoms with Gasteiger partial charge in [0, 0.05) is 16.6 Å². The Labute approximate surface area is 109 Å². The Morgan fingerprint density at radius 2 is 1.59 bits per heavy atom. The van der Waals surface area contributed by atoms with Crippen molar-refractivity contribution in [3.8, 4) is 0 Å². The van der Waals surface area contributed by atoms with Crippen LogP contribution in [0.15, 0.2) is 29.2 Å². The number of nitrogens with one attached hydrogen (secondary N) is 1. The van der Waals surface area contributed by atoms with Crippen LogP contribution in [0, 0.1) is 11.8 Å². The molecule has 0 aliphatic heterocycles. The van der Waals surface area contributed by atoms with Crippen LogP contribution in [0.4, 0.5) is 5.69 Å². The summed E-state index contributed by atoms with van der Waals surface area (Å²) in [6.07, 6.45) is 6.14. The molecule has 0 aromatic heterocycles. The van der Waals surface area contributed by atoms with Crippen molar-refractivity contribution in [1.29, 1.82) is 0 Å². The Morgan fingerprint density at radius 1 is 1.00 bits per heavy atom. The molecule has 0 bridgehead atoms. The molecule has 1 aromatic rings. The maximum Gasteiger partial charge on any atom is 0.0343 e. The second kappa shape index (κ2) is 5.81. The fraction of sp³-hybridized carbons (Fsp3) is 0.600. The smallest absolute Gasteiger partial charge is 0.0343 e. The third kappa shape index (κ3) is 3.67. The Balaban J connectivity index is 1.95. The molecule has 1 aliphatic carbocycles. The minimum atomic E-state index is 0.661. The predicted octanol–water partition coefficient (Wildman–Crippen LogP) is 4.65. The third-order valence-electron chi connectivity index (χ3n) is 3.64. The Kier molecular flexibility index (Phi) is 4.38. The van der Waals surface area contributed by atoms with Gasteiger partial charge < -0.3 is 5.32 Å². The highest BCUT2D eigenvalue weighted by Crippen LogP contribution is 2.30. The summed E-state index contributed by atoms with van der Waals surface area (Å²) in [6, 6.07) is 9.46. The van der Waals surface area contributed by atoms with Gasteiger partial charge in [-0.05, 0) is 61.6 Å². The van der Waals surface area contributed by atoms with Crippen LogP contribution >= 0.6 is 11.8 Å². The average Bonchev–Trinajstić information content (AvgIpc) is 2.28. The lowest BCUT2D eigenvalue weighted by Gasteiger charge is -2.32. The molecule has 2 heteroatoms. The van der Waals surface area contributed by atoms with Crippen molar-refractivity contribution >= 4 is 17.4 Å². The van der Waals surface area contributed by atoms with Gasteiger partial charge in [-0.1, -0.05) is 13.8 Å². The largest absolute Gasteiger partial charge is 0.382 e. The molecule has 1 saturated carbocycles. The van der Waals surface area contributed by atoms with Gasteiger partial charge in [-0.25, -0.2) is 0 Å². The normalized spacial score (nSPS) is 29.0. The Morgan fingerprint density at radius 3 is 2.12 bits per heavy atom. The van der Waals surface area contributed by atoms with Gasteiger partial charge in [-0.2, -0.15) is 0 Å².